The lowest BCUT2D eigenvalue weighted by Gasteiger charge is -2.36. The van der Waals surface area contributed by atoms with Crippen LogP contribution in [0, 0.1) is 11.7 Å². The number of benzene rings is 1. The standard InChI is InChI=1S/C20H26FN3O/c1-14(2)12-17-13-19(23(3)22-17)20(25)24-11-5-4-6-18(24)15-7-9-16(21)10-8-15/h7-10,13-14,18H,4-6,11-12H2,1-3H3. The van der Waals surface area contributed by atoms with E-state index in [1.54, 1.807) is 16.8 Å². The van der Waals surface area contributed by atoms with Crippen LogP contribution < -0.4 is 0 Å². The van der Waals surface area contributed by atoms with Crippen molar-refractivity contribution in [3.63, 3.8) is 0 Å². The molecular weight excluding hydrogens is 317 g/mol. The average molecular weight is 343 g/mol. The van der Waals surface area contributed by atoms with Gasteiger partial charge in [-0.2, -0.15) is 5.10 Å². The molecule has 25 heavy (non-hydrogen) atoms. The summed E-state index contributed by atoms with van der Waals surface area (Å²) in [6, 6.07) is 8.44. The number of piperidine rings is 1. The summed E-state index contributed by atoms with van der Waals surface area (Å²) in [5.41, 5.74) is 2.58. The highest BCUT2D eigenvalue weighted by Gasteiger charge is 2.30. The second kappa shape index (κ2) is 7.38. The molecule has 1 aliphatic heterocycles. The fourth-order valence-electron chi connectivity index (χ4n) is 3.60. The predicted octanol–water partition coefficient (Wildman–Crippen LogP) is 4.13. The third kappa shape index (κ3) is 3.91. The molecule has 1 atom stereocenters. The molecule has 1 aromatic heterocycles. The van der Waals surface area contributed by atoms with Gasteiger partial charge in [-0.3, -0.25) is 9.48 Å². The summed E-state index contributed by atoms with van der Waals surface area (Å²) >= 11 is 0. The third-order valence-electron chi connectivity index (χ3n) is 4.79. The number of carbonyl (C=O) groups is 1. The van der Waals surface area contributed by atoms with Gasteiger partial charge in [0.15, 0.2) is 0 Å². The highest BCUT2D eigenvalue weighted by Crippen LogP contribution is 2.32. The van der Waals surface area contributed by atoms with Gasteiger partial charge in [-0.1, -0.05) is 26.0 Å². The SMILES string of the molecule is CC(C)Cc1cc(C(=O)N2CCCCC2c2ccc(F)cc2)n(C)n1. The molecule has 0 bridgehead atoms. The summed E-state index contributed by atoms with van der Waals surface area (Å²) in [6.45, 7) is 5.02. The molecule has 4 nitrogen and oxygen atoms in total. The smallest absolute Gasteiger partial charge is 0.272 e. The monoisotopic (exact) mass is 343 g/mol. The molecule has 1 saturated heterocycles. The molecule has 0 N–H and O–H groups in total. The molecule has 2 aromatic rings. The molecule has 0 saturated carbocycles. The van der Waals surface area contributed by atoms with Crippen LogP contribution in [0.4, 0.5) is 4.39 Å². The number of hydrogen-bond donors (Lipinski definition) is 0. The topological polar surface area (TPSA) is 38.1 Å². The van der Waals surface area contributed by atoms with Crippen molar-refractivity contribution in [1.29, 1.82) is 0 Å². The number of rotatable bonds is 4. The van der Waals surface area contributed by atoms with E-state index in [-0.39, 0.29) is 17.8 Å². The molecule has 134 valence electrons. The molecule has 1 fully saturated rings. The fourth-order valence-corrected chi connectivity index (χ4v) is 3.60. The Labute approximate surface area is 148 Å². The number of likely N-dealkylation sites (tertiary alicyclic amines) is 1. The van der Waals surface area contributed by atoms with Crippen molar-refractivity contribution >= 4 is 5.91 Å². The Hall–Kier alpha value is -2.17. The van der Waals surface area contributed by atoms with Crippen LogP contribution in [0.25, 0.3) is 0 Å². The van der Waals surface area contributed by atoms with E-state index in [4.69, 9.17) is 0 Å². The first-order chi connectivity index (χ1) is 12.0. The highest BCUT2D eigenvalue weighted by atomic mass is 19.1. The number of hydrogen-bond acceptors (Lipinski definition) is 2. The van der Waals surface area contributed by atoms with Gasteiger partial charge >= 0.3 is 0 Å². The number of amides is 1. The van der Waals surface area contributed by atoms with Crippen molar-refractivity contribution in [1.82, 2.24) is 14.7 Å². The third-order valence-corrected chi connectivity index (χ3v) is 4.79. The van der Waals surface area contributed by atoms with E-state index >= 15 is 0 Å². The van der Waals surface area contributed by atoms with Crippen molar-refractivity contribution < 1.29 is 9.18 Å². The molecule has 5 heteroatoms. The normalized spacial score (nSPS) is 18.0. The van der Waals surface area contributed by atoms with E-state index in [2.05, 4.69) is 18.9 Å². The van der Waals surface area contributed by atoms with Crippen LogP contribution >= 0.6 is 0 Å². The van der Waals surface area contributed by atoms with Crippen LogP contribution in [0.3, 0.4) is 0 Å². The lowest BCUT2D eigenvalue weighted by molar-refractivity contribution is 0.0600. The van der Waals surface area contributed by atoms with E-state index in [1.807, 2.05) is 18.0 Å². The molecule has 3 rings (SSSR count). The lowest BCUT2D eigenvalue weighted by atomic mass is 9.95. The van der Waals surface area contributed by atoms with Crippen molar-refractivity contribution in [2.45, 2.75) is 45.6 Å². The predicted molar refractivity (Wildman–Crippen MR) is 95.8 cm³/mol. The summed E-state index contributed by atoms with van der Waals surface area (Å²) in [5.74, 6) is 0.265. The zero-order valence-electron chi connectivity index (χ0n) is 15.2. The van der Waals surface area contributed by atoms with Gasteiger partial charge in [0.1, 0.15) is 11.5 Å². The molecule has 0 radical (unpaired) electrons. The van der Waals surface area contributed by atoms with Gasteiger partial charge in [-0.15, -0.1) is 0 Å². The fraction of sp³-hybridized carbons (Fsp3) is 0.500. The van der Waals surface area contributed by atoms with E-state index in [0.717, 1.165) is 43.5 Å². The molecule has 1 amide bonds. The minimum absolute atomic E-state index is 0.00491. The van der Waals surface area contributed by atoms with Crippen molar-refractivity contribution in [3.8, 4) is 0 Å². The van der Waals surface area contributed by atoms with Gasteiger partial charge < -0.3 is 4.90 Å². The van der Waals surface area contributed by atoms with Crippen molar-refractivity contribution in [2.24, 2.45) is 13.0 Å². The van der Waals surface area contributed by atoms with Gasteiger partial charge in [0, 0.05) is 13.6 Å². The van der Waals surface area contributed by atoms with Gasteiger partial charge in [-0.05, 0) is 55.4 Å². The summed E-state index contributed by atoms with van der Waals surface area (Å²) in [4.78, 5) is 15.1. The largest absolute Gasteiger partial charge is 0.330 e. The van der Waals surface area contributed by atoms with Gasteiger partial charge in [0.25, 0.3) is 5.91 Å². The zero-order valence-corrected chi connectivity index (χ0v) is 15.2. The van der Waals surface area contributed by atoms with Crippen molar-refractivity contribution in [3.05, 3.63) is 53.1 Å². The number of nitrogens with zero attached hydrogens (tertiary/aromatic N) is 3. The molecule has 0 aliphatic carbocycles. The molecule has 1 aliphatic rings. The summed E-state index contributed by atoms with van der Waals surface area (Å²) in [5, 5.41) is 4.50. The number of halogens is 1. The minimum Gasteiger partial charge on any atom is -0.330 e. The van der Waals surface area contributed by atoms with Gasteiger partial charge in [0.05, 0.1) is 11.7 Å². The van der Waals surface area contributed by atoms with Crippen LogP contribution in [0.2, 0.25) is 0 Å². The first kappa shape index (κ1) is 17.6. The van der Waals surface area contributed by atoms with E-state index in [9.17, 15) is 9.18 Å². The highest BCUT2D eigenvalue weighted by molar-refractivity contribution is 5.93. The Morgan fingerprint density at radius 3 is 2.68 bits per heavy atom. The van der Waals surface area contributed by atoms with Crippen LogP contribution in [0.1, 0.15) is 60.9 Å². The number of aromatic nitrogens is 2. The van der Waals surface area contributed by atoms with Gasteiger partial charge in [-0.25, -0.2) is 4.39 Å². The first-order valence-corrected chi connectivity index (χ1v) is 9.05. The Balaban J connectivity index is 1.86. The maximum Gasteiger partial charge on any atom is 0.272 e. The van der Waals surface area contributed by atoms with Crippen LogP contribution in [0.15, 0.2) is 30.3 Å². The Morgan fingerprint density at radius 1 is 1.28 bits per heavy atom. The quantitative estimate of drug-likeness (QED) is 0.837. The summed E-state index contributed by atoms with van der Waals surface area (Å²) in [6.07, 6.45) is 3.85. The molecule has 1 aromatic carbocycles. The summed E-state index contributed by atoms with van der Waals surface area (Å²) < 4.78 is 14.9. The Kier molecular flexibility index (Phi) is 5.21. The number of carbonyl (C=O) groups excluding carboxylic acids is 1. The maximum absolute atomic E-state index is 13.2. The van der Waals surface area contributed by atoms with Gasteiger partial charge in [0.2, 0.25) is 0 Å². The maximum atomic E-state index is 13.2. The molecule has 2 heterocycles. The first-order valence-electron chi connectivity index (χ1n) is 9.05. The van der Waals surface area contributed by atoms with E-state index in [1.165, 1.54) is 12.1 Å². The summed E-state index contributed by atoms with van der Waals surface area (Å²) in [7, 11) is 1.83. The second-order valence-electron chi connectivity index (χ2n) is 7.30. The molecule has 0 spiro atoms. The number of aryl methyl sites for hydroxylation is 1. The van der Waals surface area contributed by atoms with Crippen molar-refractivity contribution in [2.75, 3.05) is 6.54 Å². The van der Waals surface area contributed by atoms with Crippen LogP contribution in [-0.4, -0.2) is 27.1 Å². The Morgan fingerprint density at radius 2 is 2.00 bits per heavy atom. The zero-order chi connectivity index (χ0) is 18.0. The van der Waals surface area contributed by atoms with E-state index in [0.29, 0.717) is 11.6 Å². The van der Waals surface area contributed by atoms with Crippen LogP contribution in [0.5, 0.6) is 0 Å². The van der Waals surface area contributed by atoms with Crippen LogP contribution in [-0.2, 0) is 13.5 Å². The minimum atomic E-state index is -0.248. The molecular formula is C20H26FN3O. The lowest BCUT2D eigenvalue weighted by Crippen LogP contribution is -2.39. The Bertz CT molecular complexity index is 736. The second-order valence-corrected chi connectivity index (χ2v) is 7.30. The van der Waals surface area contributed by atoms with E-state index < -0.39 is 0 Å². The molecule has 1 unspecified atom stereocenters. The average Bonchev–Trinajstić information content (AvgIpc) is 2.94.